The molecule has 0 amide bonds. The Morgan fingerprint density at radius 2 is 0.795 bits per heavy atom. The lowest BCUT2D eigenvalue weighted by Crippen LogP contribution is -2.30. The van der Waals surface area contributed by atoms with Gasteiger partial charge in [0, 0.05) is 11.4 Å². The number of fused-ring (bicyclic) bond motifs is 3. The molecule has 0 heterocycles. The maximum absolute atomic E-state index is 6.82. The zero-order valence-corrected chi connectivity index (χ0v) is 24.2. The largest absolute Gasteiger partial charge is 0.398 e. The summed E-state index contributed by atoms with van der Waals surface area (Å²) >= 11 is 0. The number of aryl methyl sites for hydroxylation is 4. The maximum atomic E-state index is 6.82. The van der Waals surface area contributed by atoms with Gasteiger partial charge in [-0.15, -0.1) is 0 Å². The van der Waals surface area contributed by atoms with E-state index in [1.807, 2.05) is 0 Å². The highest BCUT2D eigenvalue weighted by atomic mass is 14.6. The van der Waals surface area contributed by atoms with E-state index in [1.165, 1.54) is 55.6 Å². The fourth-order valence-corrected chi connectivity index (χ4v) is 6.92. The van der Waals surface area contributed by atoms with E-state index >= 15 is 0 Å². The number of hydrogen-bond donors (Lipinski definition) is 2. The molecule has 39 heavy (non-hydrogen) atoms. The molecule has 0 saturated carbocycles. The van der Waals surface area contributed by atoms with E-state index in [2.05, 4.69) is 100 Å². The van der Waals surface area contributed by atoms with Gasteiger partial charge in [0.2, 0.25) is 0 Å². The lowest BCUT2D eigenvalue weighted by Gasteiger charge is -2.36. The third-order valence-corrected chi connectivity index (χ3v) is 8.60. The van der Waals surface area contributed by atoms with Crippen LogP contribution in [0.25, 0.3) is 11.1 Å². The van der Waals surface area contributed by atoms with Gasteiger partial charge < -0.3 is 11.5 Å². The maximum Gasteiger partial charge on any atom is 0.0714 e. The summed E-state index contributed by atoms with van der Waals surface area (Å²) < 4.78 is 0. The van der Waals surface area contributed by atoms with Crippen molar-refractivity contribution in [3.63, 3.8) is 0 Å². The van der Waals surface area contributed by atoms with E-state index in [1.54, 1.807) is 0 Å². The average molecular weight is 517 g/mol. The molecule has 4 aromatic carbocycles. The topological polar surface area (TPSA) is 52.0 Å². The molecule has 2 heteroatoms. The molecule has 4 N–H and O–H groups in total. The lowest BCUT2D eigenvalue weighted by molar-refractivity contribution is 0.752. The van der Waals surface area contributed by atoms with Gasteiger partial charge in [0.25, 0.3) is 0 Å². The first-order chi connectivity index (χ1) is 19.0. The van der Waals surface area contributed by atoms with Crippen molar-refractivity contribution in [1.82, 2.24) is 0 Å². The average Bonchev–Trinajstić information content (AvgIpc) is 3.25. The van der Waals surface area contributed by atoms with Crippen molar-refractivity contribution in [3.05, 3.63) is 117 Å². The summed E-state index contributed by atoms with van der Waals surface area (Å²) in [6.45, 7) is 8.98. The normalized spacial score (nSPS) is 13.3. The predicted octanol–water partition coefficient (Wildman–Crippen LogP) is 9.02. The van der Waals surface area contributed by atoms with Crippen LogP contribution in [0.15, 0.2) is 72.8 Å². The first-order valence-corrected chi connectivity index (χ1v) is 15.0. The number of benzene rings is 4. The van der Waals surface area contributed by atoms with Gasteiger partial charge >= 0.3 is 0 Å². The fourth-order valence-electron chi connectivity index (χ4n) is 6.92. The second kappa shape index (κ2) is 11.3. The standard InChI is InChI=1S/C37H44N2/c1-5-13-25-21-29(22-26(14-6-2)35(25)38)37(30-23-27(15-7-3)36(39)28(24-30)16-8-4)33-19-11-9-17-31(33)32-18-10-12-20-34(32)37/h9-12,17-24H,5-8,13-16,38-39H2,1-4H3. The highest BCUT2D eigenvalue weighted by Gasteiger charge is 2.46. The van der Waals surface area contributed by atoms with Crippen molar-refractivity contribution >= 4 is 11.4 Å². The Bertz CT molecular complexity index is 1310. The van der Waals surface area contributed by atoms with Crippen LogP contribution in [0.4, 0.5) is 11.4 Å². The zero-order valence-electron chi connectivity index (χ0n) is 24.2. The van der Waals surface area contributed by atoms with Crippen molar-refractivity contribution in [3.8, 4) is 11.1 Å². The molecule has 0 radical (unpaired) electrons. The Kier molecular flexibility index (Phi) is 7.84. The van der Waals surface area contributed by atoms with E-state index in [9.17, 15) is 0 Å². The summed E-state index contributed by atoms with van der Waals surface area (Å²) in [5.74, 6) is 0. The summed E-state index contributed by atoms with van der Waals surface area (Å²) in [5.41, 5.74) is 28.3. The van der Waals surface area contributed by atoms with Crippen LogP contribution in [-0.2, 0) is 31.1 Å². The Morgan fingerprint density at radius 1 is 0.487 bits per heavy atom. The number of rotatable bonds is 10. The highest BCUT2D eigenvalue weighted by Crippen LogP contribution is 2.57. The molecule has 0 unspecified atom stereocenters. The SMILES string of the molecule is CCCc1cc(C2(c3cc(CCC)c(N)c(CCC)c3)c3ccccc3-c3ccccc32)cc(CCC)c1N. The van der Waals surface area contributed by atoms with Crippen LogP contribution in [0, 0.1) is 0 Å². The van der Waals surface area contributed by atoms with Gasteiger partial charge in [0.15, 0.2) is 0 Å². The van der Waals surface area contributed by atoms with Crippen molar-refractivity contribution in [2.24, 2.45) is 0 Å². The van der Waals surface area contributed by atoms with Crippen LogP contribution in [0.2, 0.25) is 0 Å². The van der Waals surface area contributed by atoms with Gasteiger partial charge in [-0.3, -0.25) is 0 Å². The molecule has 0 aliphatic heterocycles. The van der Waals surface area contributed by atoms with Crippen molar-refractivity contribution < 1.29 is 0 Å². The fraction of sp³-hybridized carbons (Fsp3) is 0.351. The monoisotopic (exact) mass is 516 g/mol. The van der Waals surface area contributed by atoms with Crippen molar-refractivity contribution in [2.45, 2.75) is 84.5 Å². The molecule has 0 bridgehead atoms. The van der Waals surface area contributed by atoms with Gasteiger partial charge in [0.05, 0.1) is 5.41 Å². The molecule has 2 nitrogen and oxygen atoms in total. The molecule has 4 aromatic rings. The lowest BCUT2D eigenvalue weighted by atomic mass is 9.66. The molecule has 0 atom stereocenters. The summed E-state index contributed by atoms with van der Waals surface area (Å²) in [6.07, 6.45) is 8.23. The number of nitrogen functional groups attached to an aromatic ring is 2. The summed E-state index contributed by atoms with van der Waals surface area (Å²) in [7, 11) is 0. The third kappa shape index (κ3) is 4.44. The predicted molar refractivity (Wildman–Crippen MR) is 169 cm³/mol. The summed E-state index contributed by atoms with van der Waals surface area (Å²) in [5, 5.41) is 0. The highest BCUT2D eigenvalue weighted by molar-refractivity contribution is 5.87. The van der Waals surface area contributed by atoms with Crippen LogP contribution in [-0.4, -0.2) is 0 Å². The van der Waals surface area contributed by atoms with E-state index in [0.717, 1.165) is 62.7 Å². The Labute approximate surface area is 235 Å². The summed E-state index contributed by atoms with van der Waals surface area (Å²) in [4.78, 5) is 0. The first kappa shape index (κ1) is 27.1. The Balaban J connectivity index is 1.95. The first-order valence-electron chi connectivity index (χ1n) is 15.0. The number of nitrogens with two attached hydrogens (primary N) is 2. The minimum Gasteiger partial charge on any atom is -0.398 e. The minimum absolute atomic E-state index is 0.426. The molecule has 0 fully saturated rings. The van der Waals surface area contributed by atoms with Gasteiger partial charge in [0.1, 0.15) is 0 Å². The van der Waals surface area contributed by atoms with Gasteiger partial charge in [-0.2, -0.15) is 0 Å². The number of hydrogen-bond acceptors (Lipinski definition) is 2. The minimum atomic E-state index is -0.426. The molecule has 5 rings (SSSR count). The Morgan fingerprint density at radius 3 is 1.10 bits per heavy atom. The van der Waals surface area contributed by atoms with Crippen molar-refractivity contribution in [2.75, 3.05) is 11.5 Å². The van der Waals surface area contributed by atoms with E-state index < -0.39 is 5.41 Å². The van der Waals surface area contributed by atoms with Gasteiger partial charge in [-0.25, -0.2) is 0 Å². The van der Waals surface area contributed by atoms with Crippen LogP contribution < -0.4 is 11.5 Å². The van der Waals surface area contributed by atoms with Crippen LogP contribution in [0.3, 0.4) is 0 Å². The van der Waals surface area contributed by atoms with Crippen LogP contribution in [0.1, 0.15) is 97.9 Å². The molecule has 0 saturated heterocycles. The van der Waals surface area contributed by atoms with Crippen LogP contribution in [0.5, 0.6) is 0 Å². The number of anilines is 2. The molecule has 1 aliphatic rings. The van der Waals surface area contributed by atoms with E-state index in [0.29, 0.717) is 0 Å². The molecular formula is C37H44N2. The molecule has 0 spiro atoms. The third-order valence-electron chi connectivity index (χ3n) is 8.60. The zero-order chi connectivity index (χ0) is 27.6. The second-order valence-electron chi connectivity index (χ2n) is 11.3. The second-order valence-corrected chi connectivity index (χ2v) is 11.3. The molecule has 202 valence electrons. The van der Waals surface area contributed by atoms with Crippen LogP contribution >= 0.6 is 0 Å². The van der Waals surface area contributed by atoms with E-state index in [4.69, 9.17) is 11.5 Å². The van der Waals surface area contributed by atoms with E-state index in [-0.39, 0.29) is 0 Å². The van der Waals surface area contributed by atoms with Crippen molar-refractivity contribution in [1.29, 1.82) is 0 Å². The summed E-state index contributed by atoms with van der Waals surface area (Å²) in [6, 6.07) is 27.7. The van der Waals surface area contributed by atoms with Gasteiger partial charge in [-0.05, 0) is 81.3 Å². The molecule has 0 aromatic heterocycles. The quantitative estimate of drug-likeness (QED) is 0.182. The smallest absolute Gasteiger partial charge is 0.0714 e. The van der Waals surface area contributed by atoms with Gasteiger partial charge in [-0.1, -0.05) is 126 Å². The molecular weight excluding hydrogens is 472 g/mol. The Hall–Kier alpha value is -3.52. The molecule has 1 aliphatic carbocycles.